The fourth-order valence-electron chi connectivity index (χ4n) is 4.26. The van der Waals surface area contributed by atoms with E-state index in [1.54, 1.807) is 12.1 Å². The molecule has 1 amide bonds. The summed E-state index contributed by atoms with van der Waals surface area (Å²) < 4.78 is 17.5. The van der Waals surface area contributed by atoms with Gasteiger partial charge in [-0.1, -0.05) is 31.0 Å². The Bertz CT molecular complexity index is 1110. The zero-order valence-electron chi connectivity index (χ0n) is 16.0. The second kappa shape index (κ2) is 7.31. The van der Waals surface area contributed by atoms with E-state index in [1.165, 1.54) is 4.57 Å². The molecule has 0 bridgehead atoms. The van der Waals surface area contributed by atoms with Gasteiger partial charge in [0.05, 0.1) is 5.52 Å². The van der Waals surface area contributed by atoms with E-state index < -0.39 is 5.76 Å². The Labute approximate surface area is 167 Å². The molecule has 1 fully saturated rings. The van der Waals surface area contributed by atoms with Gasteiger partial charge >= 0.3 is 5.76 Å². The summed E-state index contributed by atoms with van der Waals surface area (Å²) in [6.45, 7) is 0.669. The van der Waals surface area contributed by atoms with Crippen LogP contribution >= 0.6 is 0 Å². The molecular formula is C22H22N2O5. The molecule has 0 atom stereocenters. The van der Waals surface area contributed by atoms with Crippen molar-refractivity contribution in [1.82, 2.24) is 9.47 Å². The van der Waals surface area contributed by atoms with Gasteiger partial charge in [0.25, 0.3) is 0 Å². The quantitative estimate of drug-likeness (QED) is 0.664. The lowest BCUT2D eigenvalue weighted by atomic mass is 10.1. The van der Waals surface area contributed by atoms with E-state index in [9.17, 15) is 9.59 Å². The number of carbonyl (C=O) groups is 1. The van der Waals surface area contributed by atoms with Crippen LogP contribution in [-0.2, 0) is 17.9 Å². The first-order chi connectivity index (χ1) is 14.2. The van der Waals surface area contributed by atoms with E-state index in [0.29, 0.717) is 23.4 Å². The fourth-order valence-corrected chi connectivity index (χ4v) is 4.26. The molecule has 1 saturated carbocycles. The van der Waals surface area contributed by atoms with Crippen LogP contribution in [-0.4, -0.2) is 28.2 Å². The number of rotatable bonds is 5. The van der Waals surface area contributed by atoms with E-state index >= 15 is 0 Å². The lowest BCUT2D eigenvalue weighted by Crippen LogP contribution is -2.41. The highest BCUT2D eigenvalue weighted by molar-refractivity contribution is 5.80. The molecular weight excluding hydrogens is 372 g/mol. The molecule has 150 valence electrons. The number of ether oxygens (including phenoxy) is 2. The molecule has 5 rings (SSSR count). The van der Waals surface area contributed by atoms with Crippen LogP contribution in [0.3, 0.4) is 0 Å². The summed E-state index contributed by atoms with van der Waals surface area (Å²) in [7, 11) is 0. The van der Waals surface area contributed by atoms with Gasteiger partial charge < -0.3 is 18.8 Å². The predicted molar refractivity (Wildman–Crippen MR) is 106 cm³/mol. The van der Waals surface area contributed by atoms with Crippen LogP contribution in [0.1, 0.15) is 31.2 Å². The minimum Gasteiger partial charge on any atom is -0.454 e. The molecule has 0 saturated heterocycles. The van der Waals surface area contributed by atoms with Crippen LogP contribution in [0.4, 0.5) is 0 Å². The third kappa shape index (κ3) is 3.37. The van der Waals surface area contributed by atoms with Crippen molar-refractivity contribution in [1.29, 1.82) is 0 Å². The first kappa shape index (κ1) is 17.8. The number of fused-ring (bicyclic) bond motifs is 2. The highest BCUT2D eigenvalue weighted by atomic mass is 16.7. The zero-order chi connectivity index (χ0) is 19.8. The van der Waals surface area contributed by atoms with Crippen molar-refractivity contribution in [3.63, 3.8) is 0 Å². The molecule has 0 radical (unpaired) electrons. The Morgan fingerprint density at radius 2 is 1.86 bits per heavy atom. The Morgan fingerprint density at radius 1 is 1.07 bits per heavy atom. The highest BCUT2D eigenvalue weighted by Gasteiger charge is 2.28. The standard InChI is InChI=1S/C22H22N2O5/c25-21(13-24-17-7-3-4-8-18(17)29-22(24)26)23(16-5-1-2-6-16)12-15-9-10-19-20(11-15)28-14-27-19/h3-4,7-11,16H,1-2,5-6,12-14H2. The summed E-state index contributed by atoms with van der Waals surface area (Å²) in [6.07, 6.45) is 4.20. The van der Waals surface area contributed by atoms with Crippen molar-refractivity contribution >= 4 is 17.0 Å². The SMILES string of the molecule is O=C(Cn1c(=O)oc2ccccc21)N(Cc1ccc2c(c1)OCO2)C1CCCC1. The Kier molecular flexibility index (Phi) is 4.50. The second-order valence-electron chi connectivity index (χ2n) is 7.57. The molecule has 3 aromatic rings. The van der Waals surface area contributed by atoms with Gasteiger partial charge in [-0.15, -0.1) is 0 Å². The van der Waals surface area contributed by atoms with Gasteiger partial charge in [-0.3, -0.25) is 9.36 Å². The number of carbonyl (C=O) groups excluding carboxylic acids is 1. The van der Waals surface area contributed by atoms with Crippen molar-refractivity contribution in [3.05, 3.63) is 58.6 Å². The Balaban J connectivity index is 1.42. The van der Waals surface area contributed by atoms with E-state index in [2.05, 4.69) is 0 Å². The summed E-state index contributed by atoms with van der Waals surface area (Å²) in [5, 5.41) is 0. The molecule has 1 aromatic heterocycles. The monoisotopic (exact) mass is 394 g/mol. The molecule has 0 N–H and O–H groups in total. The van der Waals surface area contributed by atoms with Crippen LogP contribution in [0.25, 0.3) is 11.1 Å². The smallest absolute Gasteiger partial charge is 0.420 e. The van der Waals surface area contributed by atoms with E-state index in [1.807, 2.05) is 35.2 Å². The lowest BCUT2D eigenvalue weighted by Gasteiger charge is -2.29. The lowest BCUT2D eigenvalue weighted by molar-refractivity contribution is -0.134. The number of para-hydroxylation sites is 2. The van der Waals surface area contributed by atoms with Crippen molar-refractivity contribution in [2.45, 2.75) is 44.8 Å². The number of aromatic nitrogens is 1. The first-order valence-corrected chi connectivity index (χ1v) is 9.95. The van der Waals surface area contributed by atoms with Crippen molar-refractivity contribution in [2.24, 2.45) is 0 Å². The van der Waals surface area contributed by atoms with E-state index in [4.69, 9.17) is 13.9 Å². The summed E-state index contributed by atoms with van der Waals surface area (Å²) in [5.74, 6) is 0.847. The molecule has 1 aliphatic carbocycles. The average molecular weight is 394 g/mol. The minimum absolute atomic E-state index is 0.0309. The molecule has 2 aromatic carbocycles. The van der Waals surface area contributed by atoms with Crippen LogP contribution in [0.15, 0.2) is 51.7 Å². The van der Waals surface area contributed by atoms with Gasteiger partial charge in [0, 0.05) is 12.6 Å². The second-order valence-corrected chi connectivity index (χ2v) is 7.57. The van der Waals surface area contributed by atoms with Crippen molar-refractivity contribution in [2.75, 3.05) is 6.79 Å². The van der Waals surface area contributed by atoms with Crippen molar-refractivity contribution in [3.8, 4) is 11.5 Å². The molecule has 29 heavy (non-hydrogen) atoms. The first-order valence-electron chi connectivity index (χ1n) is 9.95. The Hall–Kier alpha value is -3.22. The van der Waals surface area contributed by atoms with Gasteiger partial charge in [0.15, 0.2) is 17.1 Å². The Morgan fingerprint density at radius 3 is 2.72 bits per heavy atom. The summed E-state index contributed by atoms with van der Waals surface area (Å²) in [4.78, 5) is 27.5. The summed E-state index contributed by atoms with van der Waals surface area (Å²) in [6, 6.07) is 13.1. The molecule has 7 heteroatoms. The average Bonchev–Trinajstić information content (AvgIpc) is 3.46. The maximum Gasteiger partial charge on any atom is 0.420 e. The molecule has 2 heterocycles. The zero-order valence-corrected chi connectivity index (χ0v) is 16.0. The van der Waals surface area contributed by atoms with E-state index in [-0.39, 0.29) is 25.3 Å². The molecule has 1 aliphatic heterocycles. The predicted octanol–water partition coefficient (Wildman–Crippen LogP) is 3.29. The van der Waals surface area contributed by atoms with Gasteiger partial charge in [-0.2, -0.15) is 0 Å². The normalized spacial score (nSPS) is 15.9. The number of hydrogen-bond acceptors (Lipinski definition) is 5. The van der Waals surface area contributed by atoms with Gasteiger partial charge in [0.2, 0.25) is 12.7 Å². The van der Waals surface area contributed by atoms with Crippen LogP contribution < -0.4 is 15.2 Å². The maximum atomic E-state index is 13.3. The molecule has 2 aliphatic rings. The number of amides is 1. The van der Waals surface area contributed by atoms with Crippen LogP contribution in [0, 0.1) is 0 Å². The maximum absolute atomic E-state index is 13.3. The summed E-state index contributed by atoms with van der Waals surface area (Å²) >= 11 is 0. The van der Waals surface area contributed by atoms with Gasteiger partial charge in [-0.05, 0) is 42.7 Å². The third-order valence-corrected chi connectivity index (χ3v) is 5.74. The van der Waals surface area contributed by atoms with Crippen LogP contribution in [0.5, 0.6) is 11.5 Å². The number of hydrogen-bond donors (Lipinski definition) is 0. The third-order valence-electron chi connectivity index (χ3n) is 5.74. The highest BCUT2D eigenvalue weighted by Crippen LogP contribution is 2.33. The van der Waals surface area contributed by atoms with Gasteiger partial charge in [-0.25, -0.2) is 4.79 Å². The topological polar surface area (TPSA) is 73.9 Å². The number of nitrogens with zero attached hydrogens (tertiary/aromatic N) is 2. The van der Waals surface area contributed by atoms with Crippen molar-refractivity contribution < 1.29 is 18.7 Å². The number of oxazole rings is 1. The van der Waals surface area contributed by atoms with E-state index in [0.717, 1.165) is 37.0 Å². The summed E-state index contributed by atoms with van der Waals surface area (Å²) in [5.41, 5.74) is 2.12. The molecule has 7 nitrogen and oxygen atoms in total. The minimum atomic E-state index is -0.506. The fraction of sp³-hybridized carbons (Fsp3) is 0.364. The largest absolute Gasteiger partial charge is 0.454 e. The van der Waals surface area contributed by atoms with Crippen LogP contribution in [0.2, 0.25) is 0 Å². The molecule has 0 spiro atoms. The number of benzene rings is 2. The van der Waals surface area contributed by atoms with Gasteiger partial charge in [0.1, 0.15) is 6.54 Å². The molecule has 0 unspecified atom stereocenters.